The number of hydrogen-bond donors (Lipinski definition) is 1. The summed E-state index contributed by atoms with van der Waals surface area (Å²) in [5.74, 6) is -1.52. The normalized spacial score (nSPS) is 10.7. The van der Waals surface area contributed by atoms with Crippen LogP contribution in [0.2, 0.25) is 0 Å². The van der Waals surface area contributed by atoms with Crippen molar-refractivity contribution in [3.05, 3.63) is 78.1 Å². The fourth-order valence-electron chi connectivity index (χ4n) is 2.30. The van der Waals surface area contributed by atoms with Crippen LogP contribution in [0.1, 0.15) is 0 Å². The minimum absolute atomic E-state index is 0.139. The highest BCUT2D eigenvalue weighted by molar-refractivity contribution is 5.82. The first kappa shape index (κ1) is 14.2. The van der Waals surface area contributed by atoms with Crippen molar-refractivity contribution in [2.24, 2.45) is 0 Å². The van der Waals surface area contributed by atoms with Gasteiger partial charge in [0.05, 0.1) is 0 Å². The number of rotatable bonds is 2. The molecule has 0 spiro atoms. The second-order valence-electron chi connectivity index (χ2n) is 4.86. The van der Waals surface area contributed by atoms with Crippen LogP contribution in [-0.2, 0) is 0 Å². The molecule has 0 radical (unpaired) electrons. The molecular weight excluding hydrogens is 289 g/mol. The van der Waals surface area contributed by atoms with Crippen LogP contribution in [0.15, 0.2) is 60.7 Å². The first-order valence-electron chi connectivity index (χ1n) is 6.59. The third kappa shape index (κ3) is 2.68. The van der Waals surface area contributed by atoms with Crippen LogP contribution in [0.3, 0.4) is 0 Å². The van der Waals surface area contributed by atoms with Gasteiger partial charge < -0.3 is 5.11 Å². The van der Waals surface area contributed by atoms with Gasteiger partial charge in [-0.15, -0.1) is 0 Å². The lowest BCUT2D eigenvalue weighted by Crippen LogP contribution is -1.88. The quantitative estimate of drug-likeness (QED) is 0.694. The predicted molar refractivity (Wildman–Crippen MR) is 78.9 cm³/mol. The number of phenols is 1. The molecule has 22 heavy (non-hydrogen) atoms. The molecule has 0 saturated heterocycles. The predicted octanol–water partition coefficient (Wildman–Crippen LogP) is 5.14. The first-order valence-corrected chi connectivity index (χ1v) is 6.59. The van der Waals surface area contributed by atoms with Crippen molar-refractivity contribution in [3.8, 4) is 28.0 Å². The monoisotopic (exact) mass is 300 g/mol. The molecule has 3 rings (SSSR count). The lowest BCUT2D eigenvalue weighted by atomic mass is 9.97. The van der Waals surface area contributed by atoms with Crippen LogP contribution in [0.25, 0.3) is 22.3 Å². The number of phenolic OH excluding ortho intramolecular Hbond substituents is 1. The van der Waals surface area contributed by atoms with Gasteiger partial charge in [0.25, 0.3) is 0 Å². The minimum Gasteiger partial charge on any atom is -0.507 e. The summed E-state index contributed by atoms with van der Waals surface area (Å²) in [6.07, 6.45) is 0. The van der Waals surface area contributed by atoms with Crippen molar-refractivity contribution in [1.82, 2.24) is 0 Å². The van der Waals surface area contributed by atoms with Gasteiger partial charge in [-0.1, -0.05) is 24.3 Å². The molecule has 0 bridgehead atoms. The average molecular weight is 300 g/mol. The zero-order chi connectivity index (χ0) is 15.7. The fourth-order valence-corrected chi connectivity index (χ4v) is 2.30. The average Bonchev–Trinajstić information content (AvgIpc) is 2.51. The van der Waals surface area contributed by atoms with Gasteiger partial charge in [0.1, 0.15) is 23.2 Å². The Kier molecular flexibility index (Phi) is 3.59. The molecular formula is C18H11F3O. The summed E-state index contributed by atoms with van der Waals surface area (Å²) < 4.78 is 39.9. The standard InChI is InChI=1S/C18H11F3O/c19-13-5-1-11(2-6-13)16-9-15(21)10-17(18(16)22)12-3-7-14(20)8-4-12/h1-10,22H. The Morgan fingerprint density at radius 2 is 0.909 bits per heavy atom. The molecule has 1 nitrogen and oxygen atoms in total. The Bertz CT molecular complexity index is 742. The second kappa shape index (κ2) is 5.56. The summed E-state index contributed by atoms with van der Waals surface area (Å²) >= 11 is 0. The van der Waals surface area contributed by atoms with E-state index in [-0.39, 0.29) is 16.9 Å². The summed E-state index contributed by atoms with van der Waals surface area (Å²) in [5.41, 5.74) is 1.47. The molecule has 0 amide bonds. The van der Waals surface area contributed by atoms with E-state index in [2.05, 4.69) is 0 Å². The van der Waals surface area contributed by atoms with E-state index in [1.54, 1.807) is 0 Å². The van der Waals surface area contributed by atoms with Gasteiger partial charge in [-0.05, 0) is 47.5 Å². The van der Waals surface area contributed by atoms with Gasteiger partial charge in [0, 0.05) is 11.1 Å². The molecule has 0 fully saturated rings. The van der Waals surface area contributed by atoms with E-state index in [9.17, 15) is 18.3 Å². The van der Waals surface area contributed by atoms with Crippen molar-refractivity contribution in [2.75, 3.05) is 0 Å². The highest BCUT2D eigenvalue weighted by atomic mass is 19.1. The van der Waals surface area contributed by atoms with Gasteiger partial charge in [-0.2, -0.15) is 0 Å². The van der Waals surface area contributed by atoms with Crippen LogP contribution in [0, 0.1) is 17.5 Å². The second-order valence-corrected chi connectivity index (χ2v) is 4.86. The van der Waals surface area contributed by atoms with Crippen molar-refractivity contribution in [2.45, 2.75) is 0 Å². The van der Waals surface area contributed by atoms with E-state index in [0.717, 1.165) is 0 Å². The molecule has 0 unspecified atom stereocenters. The van der Waals surface area contributed by atoms with Crippen molar-refractivity contribution in [3.63, 3.8) is 0 Å². The van der Waals surface area contributed by atoms with E-state index in [4.69, 9.17) is 0 Å². The first-order chi connectivity index (χ1) is 10.5. The molecule has 4 heteroatoms. The molecule has 0 atom stereocenters. The van der Waals surface area contributed by atoms with Crippen LogP contribution in [0.4, 0.5) is 13.2 Å². The van der Waals surface area contributed by atoms with Gasteiger partial charge >= 0.3 is 0 Å². The van der Waals surface area contributed by atoms with E-state index in [1.807, 2.05) is 0 Å². The molecule has 0 aliphatic carbocycles. The Morgan fingerprint density at radius 3 is 1.27 bits per heavy atom. The van der Waals surface area contributed by atoms with Gasteiger partial charge in [-0.25, -0.2) is 13.2 Å². The van der Waals surface area contributed by atoms with Gasteiger partial charge in [0.15, 0.2) is 0 Å². The highest BCUT2D eigenvalue weighted by Gasteiger charge is 2.14. The molecule has 1 N–H and O–H groups in total. The van der Waals surface area contributed by atoms with Gasteiger partial charge in [0.2, 0.25) is 0 Å². The lowest BCUT2D eigenvalue weighted by molar-refractivity contribution is 0.477. The molecule has 0 aliphatic rings. The van der Waals surface area contributed by atoms with E-state index >= 15 is 0 Å². The minimum atomic E-state index is -0.545. The third-order valence-electron chi connectivity index (χ3n) is 3.39. The van der Waals surface area contributed by atoms with E-state index < -0.39 is 17.5 Å². The zero-order valence-corrected chi connectivity index (χ0v) is 11.4. The Labute approximate surface area is 125 Å². The maximum absolute atomic E-state index is 13.9. The number of benzene rings is 3. The van der Waals surface area contributed by atoms with Crippen molar-refractivity contribution >= 4 is 0 Å². The summed E-state index contributed by atoms with van der Waals surface area (Å²) in [5, 5.41) is 10.4. The molecule has 0 aliphatic heterocycles. The number of hydrogen-bond acceptors (Lipinski definition) is 1. The van der Waals surface area contributed by atoms with Crippen LogP contribution in [-0.4, -0.2) is 5.11 Å². The molecule has 3 aromatic rings. The molecule has 3 aromatic carbocycles. The molecule has 0 aromatic heterocycles. The SMILES string of the molecule is Oc1c(-c2ccc(F)cc2)cc(F)cc1-c1ccc(F)cc1. The van der Waals surface area contributed by atoms with Crippen LogP contribution >= 0.6 is 0 Å². The topological polar surface area (TPSA) is 20.2 Å². The summed E-state index contributed by atoms with van der Waals surface area (Å²) in [6.45, 7) is 0. The fraction of sp³-hybridized carbons (Fsp3) is 0. The third-order valence-corrected chi connectivity index (χ3v) is 3.39. The summed E-state index contributed by atoms with van der Waals surface area (Å²) in [6, 6.07) is 13.1. The van der Waals surface area contributed by atoms with E-state index in [1.165, 1.54) is 60.7 Å². The molecule has 0 saturated carbocycles. The maximum Gasteiger partial charge on any atom is 0.131 e. The maximum atomic E-state index is 13.9. The Morgan fingerprint density at radius 1 is 0.545 bits per heavy atom. The zero-order valence-electron chi connectivity index (χ0n) is 11.4. The summed E-state index contributed by atoms with van der Waals surface area (Å²) in [4.78, 5) is 0. The molecule has 110 valence electrons. The van der Waals surface area contributed by atoms with Crippen LogP contribution < -0.4 is 0 Å². The largest absolute Gasteiger partial charge is 0.507 e. The Hall–Kier alpha value is -2.75. The smallest absolute Gasteiger partial charge is 0.131 e. The van der Waals surface area contributed by atoms with Crippen LogP contribution in [0.5, 0.6) is 5.75 Å². The molecule has 0 heterocycles. The Balaban J connectivity index is 2.17. The van der Waals surface area contributed by atoms with Crippen molar-refractivity contribution in [1.29, 1.82) is 0 Å². The summed E-state index contributed by atoms with van der Waals surface area (Å²) in [7, 11) is 0. The van der Waals surface area contributed by atoms with Crippen molar-refractivity contribution < 1.29 is 18.3 Å². The van der Waals surface area contributed by atoms with E-state index in [0.29, 0.717) is 11.1 Å². The van der Waals surface area contributed by atoms with Gasteiger partial charge in [-0.3, -0.25) is 0 Å². The number of aromatic hydroxyl groups is 1. The lowest BCUT2D eigenvalue weighted by Gasteiger charge is -2.11. The number of halogens is 3. The highest BCUT2D eigenvalue weighted by Crippen LogP contribution is 2.39.